The second-order valence-corrected chi connectivity index (χ2v) is 5.89. The van der Waals surface area contributed by atoms with Crippen molar-refractivity contribution in [2.45, 2.75) is 32.7 Å². The molecular weight excluding hydrogens is 330 g/mol. The standard InChI is InChI=1S/C16H20BrN3O/c1-3-9-20-16(21)15(17)14(11-19-20)18-10-12(2)13-7-5-4-6-8-13/h4-8,11-12,18H,3,9-10H2,1-2H3. The molecule has 2 rings (SSSR count). The van der Waals surface area contributed by atoms with Crippen molar-refractivity contribution < 1.29 is 0 Å². The van der Waals surface area contributed by atoms with Gasteiger partial charge in [-0.15, -0.1) is 0 Å². The number of rotatable bonds is 6. The minimum atomic E-state index is -0.0887. The molecule has 1 N–H and O–H groups in total. The molecule has 5 heteroatoms. The van der Waals surface area contributed by atoms with Gasteiger partial charge in [0, 0.05) is 13.1 Å². The number of nitrogens with zero attached hydrogens (tertiary/aromatic N) is 2. The lowest BCUT2D eigenvalue weighted by molar-refractivity contribution is 0.565. The quantitative estimate of drug-likeness (QED) is 0.865. The summed E-state index contributed by atoms with van der Waals surface area (Å²) in [6.45, 7) is 5.57. The molecular formula is C16H20BrN3O. The molecule has 0 spiro atoms. The third-order valence-corrected chi connectivity index (χ3v) is 4.15. The number of nitrogens with one attached hydrogen (secondary N) is 1. The van der Waals surface area contributed by atoms with E-state index in [-0.39, 0.29) is 5.56 Å². The highest BCUT2D eigenvalue weighted by molar-refractivity contribution is 9.10. The molecule has 0 aliphatic rings. The molecule has 0 amide bonds. The number of benzene rings is 1. The van der Waals surface area contributed by atoms with Crippen LogP contribution in [-0.2, 0) is 6.54 Å². The summed E-state index contributed by atoms with van der Waals surface area (Å²) in [5.41, 5.74) is 1.93. The summed E-state index contributed by atoms with van der Waals surface area (Å²) in [5.74, 6) is 0.358. The van der Waals surface area contributed by atoms with Gasteiger partial charge in [0.25, 0.3) is 5.56 Å². The molecule has 0 aliphatic heterocycles. The van der Waals surface area contributed by atoms with Crippen LogP contribution in [0.2, 0.25) is 0 Å². The van der Waals surface area contributed by atoms with Crippen LogP contribution in [0.3, 0.4) is 0 Å². The van der Waals surface area contributed by atoms with Gasteiger partial charge in [0.1, 0.15) is 4.47 Å². The summed E-state index contributed by atoms with van der Waals surface area (Å²) in [6.07, 6.45) is 2.59. The molecule has 1 heterocycles. The monoisotopic (exact) mass is 349 g/mol. The molecule has 112 valence electrons. The van der Waals surface area contributed by atoms with Gasteiger partial charge in [0.15, 0.2) is 0 Å². The Balaban J connectivity index is 2.07. The van der Waals surface area contributed by atoms with Crippen molar-refractivity contribution in [1.29, 1.82) is 0 Å². The van der Waals surface area contributed by atoms with Crippen molar-refractivity contribution in [1.82, 2.24) is 9.78 Å². The molecule has 1 aromatic heterocycles. The van der Waals surface area contributed by atoms with Crippen LogP contribution >= 0.6 is 15.9 Å². The predicted molar refractivity (Wildman–Crippen MR) is 89.8 cm³/mol. The average molecular weight is 350 g/mol. The van der Waals surface area contributed by atoms with E-state index in [4.69, 9.17) is 0 Å². The van der Waals surface area contributed by atoms with Gasteiger partial charge in [0.05, 0.1) is 11.9 Å². The number of hydrogen-bond donors (Lipinski definition) is 1. The Morgan fingerprint density at radius 1 is 1.33 bits per heavy atom. The molecule has 4 nitrogen and oxygen atoms in total. The highest BCUT2D eigenvalue weighted by atomic mass is 79.9. The zero-order chi connectivity index (χ0) is 15.2. The Labute approximate surface area is 133 Å². The molecule has 0 saturated carbocycles. The maximum Gasteiger partial charge on any atom is 0.283 e. The highest BCUT2D eigenvalue weighted by Gasteiger charge is 2.10. The first-order chi connectivity index (χ1) is 10.1. The van der Waals surface area contributed by atoms with Crippen molar-refractivity contribution in [2.24, 2.45) is 0 Å². The molecule has 2 aromatic rings. The summed E-state index contributed by atoms with van der Waals surface area (Å²) < 4.78 is 2.03. The summed E-state index contributed by atoms with van der Waals surface area (Å²) in [5, 5.41) is 7.49. The Bertz CT molecular complexity index is 640. The van der Waals surface area contributed by atoms with Crippen molar-refractivity contribution >= 4 is 21.6 Å². The van der Waals surface area contributed by atoms with E-state index in [2.05, 4.69) is 45.4 Å². The maximum absolute atomic E-state index is 12.1. The first-order valence-corrected chi connectivity index (χ1v) is 7.97. The zero-order valence-electron chi connectivity index (χ0n) is 12.3. The van der Waals surface area contributed by atoms with E-state index >= 15 is 0 Å². The maximum atomic E-state index is 12.1. The van der Waals surface area contributed by atoms with Crippen LogP contribution in [0.25, 0.3) is 0 Å². The summed E-state index contributed by atoms with van der Waals surface area (Å²) in [6, 6.07) is 10.3. The topological polar surface area (TPSA) is 46.9 Å². The van der Waals surface area contributed by atoms with Crippen molar-refractivity contribution in [3.8, 4) is 0 Å². The third kappa shape index (κ3) is 3.94. The average Bonchev–Trinajstić information content (AvgIpc) is 2.52. The van der Waals surface area contributed by atoms with Crippen molar-refractivity contribution in [3.63, 3.8) is 0 Å². The Morgan fingerprint density at radius 3 is 2.71 bits per heavy atom. The van der Waals surface area contributed by atoms with Crippen LogP contribution in [0.1, 0.15) is 31.7 Å². The highest BCUT2D eigenvalue weighted by Crippen LogP contribution is 2.19. The fourth-order valence-electron chi connectivity index (χ4n) is 2.12. The second-order valence-electron chi connectivity index (χ2n) is 5.09. The largest absolute Gasteiger partial charge is 0.382 e. The van der Waals surface area contributed by atoms with E-state index in [1.807, 2.05) is 25.1 Å². The van der Waals surface area contributed by atoms with Gasteiger partial charge in [-0.05, 0) is 33.8 Å². The molecule has 1 aromatic carbocycles. The summed E-state index contributed by atoms with van der Waals surface area (Å²) >= 11 is 3.37. The van der Waals surface area contributed by atoms with Crippen molar-refractivity contribution in [3.05, 3.63) is 56.9 Å². The molecule has 1 unspecified atom stereocenters. The minimum absolute atomic E-state index is 0.0887. The van der Waals surface area contributed by atoms with Crippen LogP contribution < -0.4 is 10.9 Å². The number of aryl methyl sites for hydroxylation is 1. The van der Waals surface area contributed by atoms with Crippen LogP contribution in [0.4, 0.5) is 5.69 Å². The fraction of sp³-hybridized carbons (Fsp3) is 0.375. The normalized spacial score (nSPS) is 12.1. The first kappa shape index (κ1) is 15.8. The van der Waals surface area contributed by atoms with Gasteiger partial charge < -0.3 is 5.32 Å². The second kappa shape index (κ2) is 7.41. The fourth-order valence-corrected chi connectivity index (χ4v) is 2.57. The van der Waals surface area contributed by atoms with E-state index in [1.54, 1.807) is 6.20 Å². The van der Waals surface area contributed by atoms with Crippen LogP contribution in [0.5, 0.6) is 0 Å². The molecule has 0 saturated heterocycles. The van der Waals surface area contributed by atoms with Gasteiger partial charge in [-0.1, -0.05) is 44.2 Å². The van der Waals surface area contributed by atoms with E-state index in [1.165, 1.54) is 10.2 Å². The molecule has 0 fully saturated rings. The van der Waals surface area contributed by atoms with Gasteiger partial charge in [-0.25, -0.2) is 4.68 Å². The van der Waals surface area contributed by atoms with Gasteiger partial charge in [0.2, 0.25) is 0 Å². The summed E-state index contributed by atoms with van der Waals surface area (Å²) in [4.78, 5) is 12.1. The lowest BCUT2D eigenvalue weighted by Crippen LogP contribution is -2.25. The van der Waals surface area contributed by atoms with E-state index in [0.717, 1.165) is 18.7 Å². The molecule has 0 bridgehead atoms. The lowest BCUT2D eigenvalue weighted by Gasteiger charge is -2.15. The first-order valence-electron chi connectivity index (χ1n) is 7.18. The minimum Gasteiger partial charge on any atom is -0.382 e. The lowest BCUT2D eigenvalue weighted by atomic mass is 10.0. The molecule has 0 radical (unpaired) electrons. The number of halogens is 1. The third-order valence-electron chi connectivity index (χ3n) is 3.39. The van der Waals surface area contributed by atoms with Crippen LogP contribution in [0.15, 0.2) is 45.8 Å². The van der Waals surface area contributed by atoms with E-state index < -0.39 is 0 Å². The van der Waals surface area contributed by atoms with E-state index in [0.29, 0.717) is 16.9 Å². The van der Waals surface area contributed by atoms with Crippen molar-refractivity contribution in [2.75, 3.05) is 11.9 Å². The molecule has 0 aliphatic carbocycles. The Kier molecular flexibility index (Phi) is 5.56. The number of hydrogen-bond acceptors (Lipinski definition) is 3. The Morgan fingerprint density at radius 2 is 2.05 bits per heavy atom. The van der Waals surface area contributed by atoms with Gasteiger partial charge >= 0.3 is 0 Å². The smallest absolute Gasteiger partial charge is 0.283 e. The van der Waals surface area contributed by atoms with Gasteiger partial charge in [-0.3, -0.25) is 4.79 Å². The number of anilines is 1. The number of aromatic nitrogens is 2. The van der Waals surface area contributed by atoms with E-state index in [9.17, 15) is 4.79 Å². The summed E-state index contributed by atoms with van der Waals surface area (Å²) in [7, 11) is 0. The van der Waals surface area contributed by atoms with Gasteiger partial charge in [-0.2, -0.15) is 5.10 Å². The zero-order valence-corrected chi connectivity index (χ0v) is 13.9. The predicted octanol–water partition coefficient (Wildman–Crippen LogP) is 3.63. The molecule has 1 atom stereocenters. The Hall–Kier alpha value is -1.62. The van der Waals surface area contributed by atoms with Crippen LogP contribution in [-0.4, -0.2) is 16.3 Å². The molecule has 21 heavy (non-hydrogen) atoms. The van der Waals surface area contributed by atoms with Crippen LogP contribution in [0, 0.1) is 0 Å². The SMILES string of the molecule is CCCn1ncc(NCC(C)c2ccccc2)c(Br)c1=O.